The Morgan fingerprint density at radius 3 is 1.58 bits per heavy atom. The maximum Gasteiger partial charge on any atom is -0.000728 e. The molecule has 0 nitrogen and oxygen atoms in total. The van der Waals surface area contributed by atoms with Crippen LogP contribution in [0.25, 0.3) is 65.7 Å². The maximum absolute atomic E-state index is 2.30. The molecule has 0 heterocycles. The number of rotatable bonds is 5. The fourth-order valence-corrected chi connectivity index (χ4v) is 6.68. The first kappa shape index (κ1) is 25.3. The third-order valence-corrected chi connectivity index (χ3v) is 8.77. The van der Waals surface area contributed by atoms with Crippen molar-refractivity contribution in [2.24, 2.45) is 0 Å². The lowest BCUT2D eigenvalue weighted by molar-refractivity contribution is 1.23. The molecule has 0 aromatic heterocycles. The van der Waals surface area contributed by atoms with Crippen LogP contribution >= 0.6 is 0 Å². The van der Waals surface area contributed by atoms with Gasteiger partial charge in [-0.25, -0.2) is 0 Å². The molecule has 0 amide bonds. The second-order valence-electron chi connectivity index (χ2n) is 11.3. The molecule has 0 aliphatic carbocycles. The van der Waals surface area contributed by atoms with Gasteiger partial charge < -0.3 is 0 Å². The van der Waals surface area contributed by atoms with Crippen LogP contribution in [0.1, 0.15) is 11.1 Å². The summed E-state index contributed by atoms with van der Waals surface area (Å²) < 4.78 is 0. The zero-order valence-corrected chi connectivity index (χ0v) is 23.9. The fraction of sp³-hybridized carbons (Fsp3) is 0.0233. The summed E-state index contributed by atoms with van der Waals surface area (Å²) in [5, 5.41) is 7.77. The predicted molar refractivity (Wildman–Crippen MR) is 185 cm³/mol. The summed E-state index contributed by atoms with van der Waals surface area (Å²) in [5.41, 5.74) is 10.3. The molecule has 0 spiro atoms. The van der Waals surface area contributed by atoms with Gasteiger partial charge in [0.05, 0.1) is 0 Å². The van der Waals surface area contributed by atoms with Gasteiger partial charge in [-0.2, -0.15) is 0 Å². The van der Waals surface area contributed by atoms with Gasteiger partial charge in [0.1, 0.15) is 0 Å². The van der Waals surface area contributed by atoms with Gasteiger partial charge in [-0.3, -0.25) is 0 Å². The second kappa shape index (κ2) is 10.7. The van der Waals surface area contributed by atoms with Gasteiger partial charge in [-0.1, -0.05) is 164 Å². The molecule has 0 atom stereocenters. The summed E-state index contributed by atoms with van der Waals surface area (Å²) in [6.07, 6.45) is 0.868. The Hall–Kier alpha value is -5.46. The Morgan fingerprint density at radius 1 is 0.326 bits per heavy atom. The van der Waals surface area contributed by atoms with Crippen LogP contribution in [0.2, 0.25) is 0 Å². The van der Waals surface area contributed by atoms with Crippen molar-refractivity contribution in [2.45, 2.75) is 6.42 Å². The maximum atomic E-state index is 2.30. The van der Waals surface area contributed by atoms with Crippen LogP contribution in [0.15, 0.2) is 170 Å². The Balaban J connectivity index is 1.27. The van der Waals surface area contributed by atoms with Crippen molar-refractivity contribution in [3.63, 3.8) is 0 Å². The van der Waals surface area contributed by atoms with Gasteiger partial charge in [0, 0.05) is 0 Å². The van der Waals surface area contributed by atoms with Gasteiger partial charge in [0.25, 0.3) is 0 Å². The molecule has 8 rings (SSSR count). The van der Waals surface area contributed by atoms with Gasteiger partial charge in [0.15, 0.2) is 0 Å². The van der Waals surface area contributed by atoms with Crippen LogP contribution in [0.5, 0.6) is 0 Å². The molecule has 0 aliphatic rings. The topological polar surface area (TPSA) is 0 Å². The smallest absolute Gasteiger partial charge is 0.000728 e. The summed E-state index contributed by atoms with van der Waals surface area (Å²) in [5.74, 6) is 0. The van der Waals surface area contributed by atoms with E-state index in [1.165, 1.54) is 76.8 Å². The van der Waals surface area contributed by atoms with Crippen LogP contribution in [-0.2, 0) is 6.42 Å². The van der Waals surface area contributed by atoms with Crippen molar-refractivity contribution in [3.05, 3.63) is 181 Å². The number of hydrogen-bond acceptors (Lipinski definition) is 0. The average Bonchev–Trinajstić information content (AvgIpc) is 3.09. The summed E-state index contributed by atoms with van der Waals surface area (Å²) >= 11 is 0. The van der Waals surface area contributed by atoms with E-state index in [0.29, 0.717) is 0 Å². The predicted octanol–water partition coefficient (Wildman–Crippen LogP) is 11.7. The van der Waals surface area contributed by atoms with E-state index in [1.807, 2.05) is 0 Å². The van der Waals surface area contributed by atoms with E-state index in [9.17, 15) is 0 Å². The number of fused-ring (bicyclic) bond motifs is 3. The molecule has 0 radical (unpaired) electrons. The van der Waals surface area contributed by atoms with E-state index in [1.54, 1.807) is 0 Å². The highest BCUT2D eigenvalue weighted by Crippen LogP contribution is 2.41. The van der Waals surface area contributed by atoms with E-state index in [4.69, 9.17) is 0 Å². The fourth-order valence-electron chi connectivity index (χ4n) is 6.68. The van der Waals surface area contributed by atoms with Gasteiger partial charge in [0.2, 0.25) is 0 Å². The van der Waals surface area contributed by atoms with Crippen molar-refractivity contribution < 1.29 is 0 Å². The first-order chi connectivity index (χ1) is 21.3. The van der Waals surface area contributed by atoms with Gasteiger partial charge >= 0.3 is 0 Å². The summed E-state index contributed by atoms with van der Waals surface area (Å²) in [6.45, 7) is 0. The molecule has 8 aromatic rings. The number of hydrogen-bond donors (Lipinski definition) is 0. The van der Waals surface area contributed by atoms with Crippen LogP contribution in [0.4, 0.5) is 0 Å². The van der Waals surface area contributed by atoms with Crippen LogP contribution < -0.4 is 0 Å². The lowest BCUT2D eigenvalue weighted by atomic mass is 9.85. The SMILES string of the molecule is c1ccc(-c2ccccc2Cc2c3ccccc3c(-c3ccc(-c4ccc5ccccc5c4)cc3)c3ccccc23)cc1. The molecule has 0 N–H and O–H groups in total. The first-order valence-electron chi connectivity index (χ1n) is 15.0. The molecule has 0 saturated carbocycles. The molecule has 0 bridgehead atoms. The lowest BCUT2D eigenvalue weighted by Gasteiger charge is -2.19. The molecular weight excluding hydrogens is 516 g/mol. The average molecular weight is 547 g/mol. The third-order valence-electron chi connectivity index (χ3n) is 8.77. The van der Waals surface area contributed by atoms with Crippen molar-refractivity contribution >= 4 is 32.3 Å². The molecule has 0 fully saturated rings. The molecule has 0 heteroatoms. The minimum atomic E-state index is 0.868. The summed E-state index contributed by atoms with van der Waals surface area (Å²) in [4.78, 5) is 0. The van der Waals surface area contributed by atoms with Crippen molar-refractivity contribution in [3.8, 4) is 33.4 Å². The Kier molecular flexibility index (Phi) is 6.31. The zero-order valence-electron chi connectivity index (χ0n) is 23.9. The first-order valence-corrected chi connectivity index (χ1v) is 15.0. The highest BCUT2D eigenvalue weighted by molar-refractivity contribution is 6.15. The van der Waals surface area contributed by atoms with E-state index >= 15 is 0 Å². The summed E-state index contributed by atoms with van der Waals surface area (Å²) in [6, 6.07) is 61.9. The standard InChI is InChI=1S/C43H30/c1-2-13-32(14-3-1)37-17-7-6-16-36(37)29-42-38-18-8-10-20-40(38)43(41-21-11-9-19-39(41)42)33-25-22-31(23-26-33)35-27-24-30-12-4-5-15-34(30)28-35/h1-28H,29H2. The van der Waals surface area contributed by atoms with Crippen molar-refractivity contribution in [1.82, 2.24) is 0 Å². The van der Waals surface area contributed by atoms with E-state index in [2.05, 4.69) is 170 Å². The largest absolute Gasteiger partial charge is 0.0622 e. The van der Waals surface area contributed by atoms with E-state index in [0.717, 1.165) is 6.42 Å². The highest BCUT2D eigenvalue weighted by atomic mass is 14.2. The minimum absolute atomic E-state index is 0.868. The Morgan fingerprint density at radius 2 is 0.860 bits per heavy atom. The number of benzene rings is 8. The molecule has 0 saturated heterocycles. The summed E-state index contributed by atoms with van der Waals surface area (Å²) in [7, 11) is 0. The molecule has 0 aliphatic heterocycles. The minimum Gasteiger partial charge on any atom is -0.0622 e. The Bertz CT molecular complexity index is 2180. The normalized spacial score (nSPS) is 11.3. The zero-order chi connectivity index (χ0) is 28.6. The molecule has 8 aromatic carbocycles. The van der Waals surface area contributed by atoms with Crippen molar-refractivity contribution in [1.29, 1.82) is 0 Å². The molecule has 0 unspecified atom stereocenters. The molecular formula is C43H30. The van der Waals surface area contributed by atoms with Gasteiger partial charge in [-0.15, -0.1) is 0 Å². The van der Waals surface area contributed by atoms with E-state index < -0.39 is 0 Å². The third kappa shape index (κ3) is 4.58. The van der Waals surface area contributed by atoms with Crippen LogP contribution in [0.3, 0.4) is 0 Å². The van der Waals surface area contributed by atoms with Crippen LogP contribution in [-0.4, -0.2) is 0 Å². The van der Waals surface area contributed by atoms with Gasteiger partial charge in [-0.05, 0) is 89.3 Å². The van der Waals surface area contributed by atoms with Crippen LogP contribution in [0, 0.1) is 0 Å². The second-order valence-corrected chi connectivity index (χ2v) is 11.3. The van der Waals surface area contributed by atoms with Crippen molar-refractivity contribution in [2.75, 3.05) is 0 Å². The highest BCUT2D eigenvalue weighted by Gasteiger charge is 2.17. The quantitative estimate of drug-likeness (QED) is 0.188. The Labute approximate surface area is 252 Å². The molecule has 202 valence electrons. The lowest BCUT2D eigenvalue weighted by Crippen LogP contribution is -1.97. The monoisotopic (exact) mass is 546 g/mol. The molecule has 43 heavy (non-hydrogen) atoms. The van der Waals surface area contributed by atoms with E-state index in [-0.39, 0.29) is 0 Å².